The lowest BCUT2D eigenvalue weighted by Gasteiger charge is -2.19. The van der Waals surface area contributed by atoms with E-state index in [2.05, 4.69) is 24.3 Å². The van der Waals surface area contributed by atoms with Gasteiger partial charge in [0, 0.05) is 28.4 Å². The molecular formula is C5H25N8O5P4+. The molecule has 10 N–H and O–H groups in total. The van der Waals surface area contributed by atoms with Gasteiger partial charge in [-0.05, 0) is 0 Å². The molecule has 0 fully saturated rings. The number of nitrogens with one attached hydrogen (secondary N) is 2. The van der Waals surface area contributed by atoms with E-state index in [1.807, 2.05) is 0 Å². The van der Waals surface area contributed by atoms with Gasteiger partial charge in [0.05, 0.1) is 7.11 Å². The van der Waals surface area contributed by atoms with Crippen LogP contribution in [0.4, 0.5) is 0 Å². The molecule has 17 heteroatoms. The summed E-state index contributed by atoms with van der Waals surface area (Å²) in [6, 6.07) is 0. The van der Waals surface area contributed by atoms with Crippen molar-refractivity contribution in [3.8, 4) is 0 Å². The second-order valence-corrected chi connectivity index (χ2v) is 10.5. The Bertz CT molecular complexity index is 489. The quantitative estimate of drug-likeness (QED) is 0.258. The molecule has 0 radical (unpaired) electrons. The molecule has 2 atom stereocenters. The summed E-state index contributed by atoms with van der Waals surface area (Å²) < 4.78 is 30.9. The lowest BCUT2D eigenvalue weighted by atomic mass is 11.7. The normalized spacial score (nSPS) is 17.1. The van der Waals surface area contributed by atoms with Crippen molar-refractivity contribution in [3.05, 3.63) is 0 Å². The van der Waals surface area contributed by atoms with Gasteiger partial charge in [-0.3, -0.25) is 15.2 Å². The minimum Gasteiger partial charge on any atom is -0.320 e. The third-order valence-electron chi connectivity index (χ3n) is 1.73. The third kappa shape index (κ3) is 9.54. The van der Waals surface area contributed by atoms with Gasteiger partial charge in [-0.15, -0.1) is 4.52 Å². The molecule has 0 saturated heterocycles. The summed E-state index contributed by atoms with van der Waals surface area (Å²) >= 11 is 0. The summed E-state index contributed by atoms with van der Waals surface area (Å²) in [6.07, 6.45) is 0. The molecular weight excluding hydrogens is 376 g/mol. The van der Waals surface area contributed by atoms with E-state index < -0.39 is 22.8 Å². The summed E-state index contributed by atoms with van der Waals surface area (Å²) in [6.45, 7) is 0. The van der Waals surface area contributed by atoms with Gasteiger partial charge in [0.25, 0.3) is 7.58 Å². The SMILES string of the molecule is CON.COP(=N)(N)N=P(N=P(N)([NH+]=PN)OC)(OC)OC. The zero-order valence-corrected chi connectivity index (χ0v) is 16.6. The molecule has 0 amide bonds. The highest BCUT2D eigenvalue weighted by molar-refractivity contribution is 7.71. The number of nitrogens with zero attached hydrogens (tertiary/aromatic N) is 2. The molecule has 134 valence electrons. The molecule has 13 nitrogen and oxygen atoms in total. The fraction of sp³-hybridized carbons (Fsp3) is 1.00. The van der Waals surface area contributed by atoms with Crippen LogP contribution in [0.5, 0.6) is 0 Å². The summed E-state index contributed by atoms with van der Waals surface area (Å²) in [5, 5.41) is 7.70. The number of hydrogen-bond donors (Lipinski definition) is 6. The molecule has 0 saturated carbocycles. The van der Waals surface area contributed by atoms with Gasteiger partial charge in [0.1, 0.15) is 0 Å². The van der Waals surface area contributed by atoms with E-state index in [0.717, 1.165) is 0 Å². The van der Waals surface area contributed by atoms with Crippen LogP contribution < -0.4 is 26.9 Å². The number of hydrogen-bond acceptors (Lipinski definition) is 7. The van der Waals surface area contributed by atoms with Crippen LogP contribution in [0.15, 0.2) is 9.03 Å². The van der Waals surface area contributed by atoms with Crippen molar-refractivity contribution < 1.29 is 27.4 Å². The molecule has 22 heavy (non-hydrogen) atoms. The van der Waals surface area contributed by atoms with Gasteiger partial charge in [0.2, 0.25) is 0 Å². The molecule has 0 rings (SSSR count). The van der Waals surface area contributed by atoms with Gasteiger partial charge in [-0.25, -0.2) is 16.9 Å². The van der Waals surface area contributed by atoms with E-state index in [9.17, 15) is 0 Å². The fourth-order valence-electron chi connectivity index (χ4n) is 0.791. The molecule has 0 heterocycles. The Morgan fingerprint density at radius 2 is 1.41 bits per heavy atom. The second-order valence-electron chi connectivity index (χ2n) is 3.11. The largest absolute Gasteiger partial charge is 0.426 e. The van der Waals surface area contributed by atoms with Crippen molar-refractivity contribution >= 4 is 31.3 Å². The maximum absolute atomic E-state index is 7.70. The molecule has 0 aromatic carbocycles. The molecule has 0 spiro atoms. The topological polar surface area (TPSA) is 213 Å². The van der Waals surface area contributed by atoms with Crippen LogP contribution in [0.2, 0.25) is 0 Å². The first-order chi connectivity index (χ1) is 10.1. The van der Waals surface area contributed by atoms with E-state index in [0.29, 0.717) is 0 Å². The monoisotopic (exact) mass is 401 g/mol. The van der Waals surface area contributed by atoms with Crippen LogP contribution in [0.3, 0.4) is 0 Å². The highest BCUT2D eigenvalue weighted by Gasteiger charge is 2.31. The maximum atomic E-state index is 7.70. The van der Waals surface area contributed by atoms with Crippen molar-refractivity contribution in [1.29, 1.82) is 5.16 Å². The Balaban J connectivity index is 0. The van der Waals surface area contributed by atoms with Gasteiger partial charge >= 0.3 is 23.8 Å². The Morgan fingerprint density at radius 3 is 1.68 bits per heavy atom. The van der Waals surface area contributed by atoms with Crippen LogP contribution in [0, 0.1) is 5.16 Å². The van der Waals surface area contributed by atoms with E-state index in [1.165, 1.54) is 35.5 Å². The third-order valence-corrected chi connectivity index (χ3v) is 9.33. The molecule has 2 unspecified atom stereocenters. The van der Waals surface area contributed by atoms with Crippen LogP contribution in [0.25, 0.3) is 0 Å². The van der Waals surface area contributed by atoms with Gasteiger partial charge in [-0.1, -0.05) is 0 Å². The van der Waals surface area contributed by atoms with E-state index in [1.54, 1.807) is 0 Å². The predicted octanol–water partition coefficient (Wildman–Crippen LogP) is 0.497. The Kier molecular flexibility index (Phi) is 13.3. The van der Waals surface area contributed by atoms with Crippen LogP contribution >= 0.6 is 31.3 Å². The first-order valence-electron chi connectivity index (χ1n) is 5.25. The first kappa shape index (κ1) is 24.7. The zero-order chi connectivity index (χ0) is 17.9. The Morgan fingerprint density at radius 1 is 0.955 bits per heavy atom. The highest BCUT2D eigenvalue weighted by atomic mass is 31.3. The molecule has 0 bridgehead atoms. The van der Waals surface area contributed by atoms with Crippen LogP contribution in [-0.4, -0.2) is 35.5 Å². The molecule has 0 aliphatic heterocycles. The zero-order valence-electron chi connectivity index (χ0n) is 13.0. The smallest absolute Gasteiger partial charge is 0.320 e. The minimum absolute atomic E-state index is 0.276. The van der Waals surface area contributed by atoms with Crippen LogP contribution in [-0.2, 0) is 22.9 Å². The van der Waals surface area contributed by atoms with Gasteiger partial charge < -0.3 is 18.4 Å². The van der Waals surface area contributed by atoms with Crippen LogP contribution in [0.1, 0.15) is 0 Å². The van der Waals surface area contributed by atoms with E-state index in [-0.39, 0.29) is 8.52 Å². The fourth-order valence-corrected chi connectivity index (χ4v) is 7.35. The molecule has 0 aliphatic rings. The Labute approximate surface area is 131 Å². The standard InChI is InChI=1S/C4H19N7O4P4.CH5NO/c1-12-17(6,7)10-19(14-3,15-4)11-18(8,13-2)9-16-5;1-3-2/h8H2,1-4H3,(H2,5,9)(H3,6,7);2H2,1H3/p+1. The predicted molar refractivity (Wildman–Crippen MR) is 88.0 cm³/mol. The average molecular weight is 401 g/mol. The molecule has 0 aromatic heterocycles. The first-order valence-corrected chi connectivity index (χ1v) is 11.2. The lowest BCUT2D eigenvalue weighted by molar-refractivity contribution is -0.252. The van der Waals surface area contributed by atoms with Crippen molar-refractivity contribution in [2.75, 3.05) is 35.5 Å². The van der Waals surface area contributed by atoms with E-state index in [4.69, 9.17) is 39.8 Å². The van der Waals surface area contributed by atoms with Crippen molar-refractivity contribution in [1.82, 2.24) is 0 Å². The summed E-state index contributed by atoms with van der Waals surface area (Å²) in [5.41, 5.74) is 16.8. The van der Waals surface area contributed by atoms with E-state index >= 15 is 0 Å². The lowest BCUT2D eigenvalue weighted by Crippen LogP contribution is -2.59. The molecule has 0 aliphatic carbocycles. The summed E-state index contributed by atoms with van der Waals surface area (Å²) in [5.74, 6) is 4.35. The number of nitrogens with two attached hydrogens (primary N) is 4. The van der Waals surface area contributed by atoms with Crippen molar-refractivity contribution in [2.45, 2.75) is 0 Å². The highest BCUT2D eigenvalue weighted by Crippen LogP contribution is 2.64. The maximum Gasteiger partial charge on any atom is 0.426 e. The van der Waals surface area contributed by atoms with Crippen molar-refractivity contribution in [2.24, 2.45) is 31.4 Å². The number of rotatable bonds is 7. The average Bonchev–Trinajstić information content (AvgIpc) is 2.47. The Hall–Kier alpha value is 0.430. The molecule has 0 aromatic rings. The minimum atomic E-state index is -3.27. The van der Waals surface area contributed by atoms with Crippen molar-refractivity contribution in [3.63, 3.8) is 0 Å². The van der Waals surface area contributed by atoms with Gasteiger partial charge in [0.15, 0.2) is 0 Å². The summed E-state index contributed by atoms with van der Waals surface area (Å²) in [7, 11) is -2.48. The van der Waals surface area contributed by atoms with Gasteiger partial charge in [-0.2, -0.15) is 9.03 Å². The second kappa shape index (κ2) is 11.9. The summed E-state index contributed by atoms with van der Waals surface area (Å²) in [4.78, 5) is 3.75.